The van der Waals surface area contributed by atoms with E-state index in [0.29, 0.717) is 29.1 Å². The molecule has 104 valence electrons. The molecule has 0 radical (unpaired) electrons. The molecule has 0 atom stereocenters. The van der Waals surface area contributed by atoms with Crippen LogP contribution in [0.2, 0.25) is 5.02 Å². The van der Waals surface area contributed by atoms with Crippen molar-refractivity contribution in [2.45, 2.75) is 20.3 Å². The summed E-state index contributed by atoms with van der Waals surface area (Å²) in [5.74, 6) is -0.370. The first-order chi connectivity index (χ1) is 9.51. The van der Waals surface area contributed by atoms with Gasteiger partial charge >= 0.3 is 0 Å². The topological polar surface area (TPSA) is 75.1 Å². The Balaban J connectivity index is 2.27. The Labute approximate surface area is 121 Å². The smallest absolute Gasteiger partial charge is 0.257 e. The maximum atomic E-state index is 12.2. The summed E-state index contributed by atoms with van der Waals surface area (Å²) in [5.41, 5.74) is 2.25. The average Bonchev–Trinajstić information content (AvgIpc) is 2.43. The van der Waals surface area contributed by atoms with Gasteiger partial charge in [-0.3, -0.25) is 4.79 Å². The molecule has 0 bridgehead atoms. The van der Waals surface area contributed by atoms with Gasteiger partial charge in [0, 0.05) is 11.8 Å². The highest BCUT2D eigenvalue weighted by Gasteiger charge is 2.13. The van der Waals surface area contributed by atoms with Crippen LogP contribution < -0.4 is 5.32 Å². The van der Waals surface area contributed by atoms with Gasteiger partial charge in [0.15, 0.2) is 0 Å². The number of benzene rings is 1. The molecule has 0 aliphatic rings. The summed E-state index contributed by atoms with van der Waals surface area (Å²) in [6.45, 7) is 3.68. The van der Waals surface area contributed by atoms with Crippen LogP contribution in [-0.2, 0) is 6.42 Å². The molecule has 2 N–H and O–H groups in total. The molecule has 1 amide bonds. The van der Waals surface area contributed by atoms with Crippen LogP contribution >= 0.6 is 11.6 Å². The van der Waals surface area contributed by atoms with E-state index in [1.807, 2.05) is 6.92 Å². The largest absolute Gasteiger partial charge is 0.506 e. The van der Waals surface area contributed by atoms with E-state index in [4.69, 9.17) is 11.6 Å². The molecule has 20 heavy (non-hydrogen) atoms. The molecule has 1 aromatic carbocycles. The van der Waals surface area contributed by atoms with E-state index >= 15 is 0 Å². The lowest BCUT2D eigenvalue weighted by atomic mass is 10.1. The van der Waals surface area contributed by atoms with Gasteiger partial charge in [0.2, 0.25) is 0 Å². The number of nitrogens with zero attached hydrogens (tertiary/aromatic N) is 2. The number of amides is 1. The van der Waals surface area contributed by atoms with Gasteiger partial charge in [0.1, 0.15) is 5.75 Å². The Morgan fingerprint density at radius 3 is 2.75 bits per heavy atom. The first kappa shape index (κ1) is 14.3. The monoisotopic (exact) mass is 291 g/mol. The summed E-state index contributed by atoms with van der Waals surface area (Å²) in [7, 11) is 0. The average molecular weight is 292 g/mol. The zero-order chi connectivity index (χ0) is 14.7. The van der Waals surface area contributed by atoms with Crippen molar-refractivity contribution in [3.63, 3.8) is 0 Å². The van der Waals surface area contributed by atoms with E-state index in [0.717, 1.165) is 0 Å². The van der Waals surface area contributed by atoms with Gasteiger partial charge in [-0.1, -0.05) is 18.5 Å². The third-order valence-electron chi connectivity index (χ3n) is 2.78. The van der Waals surface area contributed by atoms with E-state index in [9.17, 15) is 9.90 Å². The molecule has 0 fully saturated rings. The molecule has 0 saturated carbocycles. The van der Waals surface area contributed by atoms with Crippen molar-refractivity contribution >= 4 is 23.2 Å². The van der Waals surface area contributed by atoms with E-state index < -0.39 is 0 Å². The quantitative estimate of drug-likeness (QED) is 0.911. The number of halogens is 1. The highest BCUT2D eigenvalue weighted by molar-refractivity contribution is 6.32. The molecule has 6 heteroatoms. The van der Waals surface area contributed by atoms with E-state index in [2.05, 4.69) is 15.5 Å². The molecular weight excluding hydrogens is 278 g/mol. The van der Waals surface area contributed by atoms with Crippen LogP contribution in [0.25, 0.3) is 0 Å². The zero-order valence-electron chi connectivity index (χ0n) is 11.1. The Morgan fingerprint density at radius 1 is 1.35 bits per heavy atom. The fraction of sp³-hybridized carbons (Fsp3) is 0.214. The molecule has 0 aliphatic heterocycles. The number of aromatic nitrogens is 2. The summed E-state index contributed by atoms with van der Waals surface area (Å²) >= 11 is 5.72. The van der Waals surface area contributed by atoms with Crippen molar-refractivity contribution in [3.8, 4) is 5.75 Å². The van der Waals surface area contributed by atoms with E-state index in [1.165, 1.54) is 12.1 Å². The number of carbonyl (C=O) groups excluding carboxylic acids is 1. The molecule has 0 saturated heterocycles. The molecular formula is C14H14ClN3O2. The third kappa shape index (κ3) is 3.05. The number of carbonyl (C=O) groups is 1. The first-order valence-corrected chi connectivity index (χ1v) is 6.52. The van der Waals surface area contributed by atoms with Gasteiger partial charge in [-0.15, -0.1) is 0 Å². The maximum absolute atomic E-state index is 12.2. The molecule has 5 nitrogen and oxygen atoms in total. The van der Waals surface area contributed by atoms with Crippen LogP contribution in [0.3, 0.4) is 0 Å². The van der Waals surface area contributed by atoms with Gasteiger partial charge < -0.3 is 10.4 Å². The van der Waals surface area contributed by atoms with E-state index in [-0.39, 0.29) is 16.7 Å². The molecule has 2 aromatic rings. The number of hydrogen-bond donors (Lipinski definition) is 2. The summed E-state index contributed by atoms with van der Waals surface area (Å²) in [4.78, 5) is 12.2. The highest BCUT2D eigenvalue weighted by atomic mass is 35.5. The molecule has 0 spiro atoms. The van der Waals surface area contributed by atoms with Crippen LogP contribution in [-0.4, -0.2) is 21.2 Å². The van der Waals surface area contributed by atoms with Gasteiger partial charge in [0.25, 0.3) is 5.91 Å². The minimum Gasteiger partial charge on any atom is -0.506 e. The molecule has 1 aromatic heterocycles. The number of nitrogens with one attached hydrogen (secondary N) is 1. The van der Waals surface area contributed by atoms with Crippen LogP contribution in [0.5, 0.6) is 5.75 Å². The second-order valence-electron chi connectivity index (χ2n) is 4.32. The van der Waals surface area contributed by atoms with Gasteiger partial charge in [-0.2, -0.15) is 10.2 Å². The van der Waals surface area contributed by atoms with E-state index in [1.54, 1.807) is 19.1 Å². The fourth-order valence-corrected chi connectivity index (χ4v) is 1.88. The second-order valence-corrected chi connectivity index (χ2v) is 4.73. The SMILES string of the molecule is CCc1nnc(C)cc1C(=O)Nc1ccc(Cl)c(O)c1. The number of aryl methyl sites for hydroxylation is 2. The number of anilines is 1. The van der Waals surface area contributed by atoms with Gasteiger partial charge in [-0.05, 0) is 31.5 Å². The standard InChI is InChI=1S/C14H14ClN3O2/c1-3-12-10(6-8(2)17-18-12)14(20)16-9-4-5-11(15)13(19)7-9/h4-7,19H,3H2,1-2H3,(H,16,20). The minimum absolute atomic E-state index is 0.0794. The van der Waals surface area contributed by atoms with Crippen molar-refractivity contribution in [1.29, 1.82) is 0 Å². The van der Waals surface area contributed by atoms with Crippen molar-refractivity contribution in [2.24, 2.45) is 0 Å². The van der Waals surface area contributed by atoms with Crippen molar-refractivity contribution in [3.05, 3.63) is 46.2 Å². The molecule has 0 unspecified atom stereocenters. The number of hydrogen-bond acceptors (Lipinski definition) is 4. The summed E-state index contributed by atoms with van der Waals surface area (Å²) < 4.78 is 0. The predicted octanol–water partition coefficient (Wildman–Crippen LogP) is 2.96. The third-order valence-corrected chi connectivity index (χ3v) is 3.10. The van der Waals surface area contributed by atoms with Crippen LogP contribution in [0.1, 0.15) is 28.7 Å². The first-order valence-electron chi connectivity index (χ1n) is 6.14. The van der Waals surface area contributed by atoms with Crippen LogP contribution in [0, 0.1) is 6.92 Å². The second kappa shape index (κ2) is 5.88. The number of phenolic OH excluding ortho intramolecular Hbond substituents is 1. The highest BCUT2D eigenvalue weighted by Crippen LogP contribution is 2.26. The predicted molar refractivity (Wildman–Crippen MR) is 77.2 cm³/mol. The van der Waals surface area contributed by atoms with Crippen molar-refractivity contribution < 1.29 is 9.90 Å². The summed E-state index contributed by atoms with van der Waals surface area (Å²) in [6.07, 6.45) is 0.613. The molecule has 2 rings (SSSR count). The lowest BCUT2D eigenvalue weighted by Gasteiger charge is -2.09. The number of aromatic hydroxyl groups is 1. The fourth-order valence-electron chi connectivity index (χ4n) is 1.76. The van der Waals surface area contributed by atoms with Crippen molar-refractivity contribution in [1.82, 2.24) is 10.2 Å². The molecule has 0 aliphatic carbocycles. The van der Waals surface area contributed by atoms with Crippen LogP contribution in [0.4, 0.5) is 5.69 Å². The Kier molecular flexibility index (Phi) is 4.20. The zero-order valence-corrected chi connectivity index (χ0v) is 11.9. The number of rotatable bonds is 3. The lowest BCUT2D eigenvalue weighted by molar-refractivity contribution is 0.102. The van der Waals surface area contributed by atoms with Gasteiger partial charge in [0.05, 0.1) is 22.0 Å². The normalized spacial score (nSPS) is 10.3. The Hall–Kier alpha value is -2.14. The van der Waals surface area contributed by atoms with Crippen LogP contribution in [0.15, 0.2) is 24.3 Å². The van der Waals surface area contributed by atoms with Crippen molar-refractivity contribution in [2.75, 3.05) is 5.32 Å². The molecule has 1 heterocycles. The maximum Gasteiger partial charge on any atom is 0.257 e. The van der Waals surface area contributed by atoms with Gasteiger partial charge in [-0.25, -0.2) is 0 Å². The lowest BCUT2D eigenvalue weighted by Crippen LogP contribution is -2.16. The number of phenols is 1. The Morgan fingerprint density at radius 2 is 2.10 bits per heavy atom. The minimum atomic E-state index is -0.290. The summed E-state index contributed by atoms with van der Waals surface area (Å²) in [5, 5.41) is 20.4. The Bertz CT molecular complexity index is 659. The summed E-state index contributed by atoms with van der Waals surface area (Å²) in [6, 6.07) is 6.22.